The van der Waals surface area contributed by atoms with Crippen molar-refractivity contribution in [1.29, 1.82) is 0 Å². The number of benzene rings is 1. The Bertz CT molecular complexity index is 981. The first-order valence-electron chi connectivity index (χ1n) is 9.41. The highest BCUT2D eigenvalue weighted by molar-refractivity contribution is 7.89. The van der Waals surface area contributed by atoms with Crippen LogP contribution in [0.25, 0.3) is 0 Å². The zero-order chi connectivity index (χ0) is 21.2. The molecule has 1 aliphatic rings. The Hall–Kier alpha value is -1.97. The summed E-state index contributed by atoms with van der Waals surface area (Å²) in [7, 11) is -4.00. The van der Waals surface area contributed by atoms with Crippen molar-refractivity contribution in [3.8, 4) is 0 Å². The van der Waals surface area contributed by atoms with E-state index in [-0.39, 0.29) is 34.3 Å². The molecule has 158 valence electrons. The van der Waals surface area contributed by atoms with Gasteiger partial charge in [-0.1, -0.05) is 24.6 Å². The van der Waals surface area contributed by atoms with Crippen LogP contribution in [0.1, 0.15) is 42.6 Å². The summed E-state index contributed by atoms with van der Waals surface area (Å²) in [4.78, 5) is 12.4. The maximum absolute atomic E-state index is 14.1. The van der Waals surface area contributed by atoms with Crippen molar-refractivity contribution in [2.45, 2.75) is 38.3 Å². The highest BCUT2D eigenvalue weighted by Crippen LogP contribution is 2.26. The van der Waals surface area contributed by atoms with E-state index in [2.05, 4.69) is 12.0 Å². The van der Waals surface area contributed by atoms with Crippen LogP contribution in [0.2, 0.25) is 5.02 Å². The summed E-state index contributed by atoms with van der Waals surface area (Å²) in [6.45, 7) is 4.38. The highest BCUT2D eigenvalue weighted by atomic mass is 35.5. The number of rotatable bonds is 6. The minimum atomic E-state index is -4.00. The smallest absolute Gasteiger partial charge is 0.342 e. The molecule has 1 saturated heterocycles. The lowest BCUT2D eigenvalue weighted by molar-refractivity contribution is 0.0521. The van der Waals surface area contributed by atoms with Crippen LogP contribution in [-0.2, 0) is 21.3 Å². The van der Waals surface area contributed by atoms with Gasteiger partial charge >= 0.3 is 5.97 Å². The molecule has 0 unspecified atom stereocenters. The zero-order valence-electron chi connectivity index (χ0n) is 16.3. The van der Waals surface area contributed by atoms with Crippen molar-refractivity contribution < 1.29 is 22.3 Å². The van der Waals surface area contributed by atoms with Gasteiger partial charge in [0.25, 0.3) is 10.0 Å². The van der Waals surface area contributed by atoms with Gasteiger partial charge in [-0.2, -0.15) is 9.40 Å². The molecule has 0 saturated carbocycles. The normalized spacial score (nSPS) is 16.1. The van der Waals surface area contributed by atoms with E-state index in [9.17, 15) is 17.6 Å². The van der Waals surface area contributed by atoms with E-state index in [1.54, 1.807) is 6.92 Å². The number of halogens is 2. The zero-order valence-corrected chi connectivity index (χ0v) is 17.8. The number of aromatic nitrogens is 2. The third kappa shape index (κ3) is 4.62. The van der Waals surface area contributed by atoms with Gasteiger partial charge in [0, 0.05) is 29.9 Å². The number of ether oxygens (including phenoxy) is 1. The molecular formula is C19H23ClFN3O4S. The van der Waals surface area contributed by atoms with Crippen molar-refractivity contribution in [3.05, 3.63) is 46.4 Å². The monoisotopic (exact) mass is 443 g/mol. The molecule has 1 aromatic heterocycles. The SMILES string of the molecule is CCOC(=O)c1cn(Cc2c(F)cccc2Cl)nc1S(=O)(=O)N1CCC(C)CC1. The van der Waals surface area contributed by atoms with Crippen LogP contribution < -0.4 is 0 Å². The third-order valence-corrected chi connectivity index (χ3v) is 7.12. The number of carbonyl (C=O) groups is 1. The van der Waals surface area contributed by atoms with Crippen molar-refractivity contribution in [1.82, 2.24) is 14.1 Å². The van der Waals surface area contributed by atoms with Gasteiger partial charge in [0.2, 0.25) is 5.03 Å². The Balaban J connectivity index is 2.00. The van der Waals surface area contributed by atoms with E-state index >= 15 is 0 Å². The molecule has 0 aliphatic carbocycles. The van der Waals surface area contributed by atoms with Crippen LogP contribution in [-0.4, -0.2) is 48.2 Å². The van der Waals surface area contributed by atoms with Gasteiger partial charge in [0.1, 0.15) is 11.4 Å². The standard InChI is InChI=1S/C19H23ClFN3O4S/c1-3-28-19(25)15-12-23(11-14-16(20)5-4-6-17(14)21)22-18(15)29(26,27)24-9-7-13(2)8-10-24/h4-6,12-13H,3,7-11H2,1-2H3. The quantitative estimate of drug-likeness (QED) is 0.639. The van der Waals surface area contributed by atoms with Crippen LogP contribution in [0, 0.1) is 11.7 Å². The van der Waals surface area contributed by atoms with Crippen molar-refractivity contribution in [2.24, 2.45) is 5.92 Å². The Morgan fingerprint density at radius 3 is 2.66 bits per heavy atom. The van der Waals surface area contributed by atoms with Gasteiger partial charge in [0.05, 0.1) is 13.2 Å². The van der Waals surface area contributed by atoms with E-state index in [4.69, 9.17) is 16.3 Å². The van der Waals surface area contributed by atoms with Crippen molar-refractivity contribution in [3.63, 3.8) is 0 Å². The molecular weight excluding hydrogens is 421 g/mol. The Morgan fingerprint density at radius 1 is 1.34 bits per heavy atom. The first-order chi connectivity index (χ1) is 13.7. The van der Waals surface area contributed by atoms with Gasteiger partial charge in [-0.3, -0.25) is 4.68 Å². The summed E-state index contributed by atoms with van der Waals surface area (Å²) in [5.41, 5.74) is -0.0132. The maximum Gasteiger partial charge on any atom is 0.342 e. The fourth-order valence-corrected chi connectivity index (χ4v) is 5.00. The van der Waals surface area contributed by atoms with E-state index in [0.717, 1.165) is 12.8 Å². The van der Waals surface area contributed by atoms with Crippen LogP contribution in [0.5, 0.6) is 0 Å². The highest BCUT2D eigenvalue weighted by Gasteiger charge is 2.35. The molecule has 2 aromatic rings. The average Bonchev–Trinajstić information content (AvgIpc) is 3.10. The van der Waals surface area contributed by atoms with E-state index in [0.29, 0.717) is 19.0 Å². The molecule has 1 aliphatic heterocycles. The summed E-state index contributed by atoms with van der Waals surface area (Å²) < 4.78 is 48.0. The second-order valence-electron chi connectivity index (χ2n) is 7.05. The molecule has 7 nitrogen and oxygen atoms in total. The number of piperidine rings is 1. The first kappa shape index (κ1) is 21.7. The van der Waals surface area contributed by atoms with Gasteiger partial charge in [-0.25, -0.2) is 17.6 Å². The van der Waals surface area contributed by atoms with E-state index in [1.165, 1.54) is 33.4 Å². The summed E-state index contributed by atoms with van der Waals surface area (Å²) in [5, 5.41) is 3.93. The van der Waals surface area contributed by atoms with Crippen LogP contribution >= 0.6 is 11.6 Å². The maximum atomic E-state index is 14.1. The number of nitrogens with zero attached hydrogens (tertiary/aromatic N) is 3. The predicted octanol–water partition coefficient (Wildman–Crippen LogP) is 3.32. The molecule has 0 spiro atoms. The number of hydrogen-bond donors (Lipinski definition) is 0. The van der Waals surface area contributed by atoms with Gasteiger partial charge in [-0.05, 0) is 37.8 Å². The molecule has 0 atom stereocenters. The van der Waals surface area contributed by atoms with Crippen molar-refractivity contribution in [2.75, 3.05) is 19.7 Å². The fourth-order valence-electron chi connectivity index (χ4n) is 3.22. The lowest BCUT2D eigenvalue weighted by Gasteiger charge is -2.28. The molecule has 1 aromatic carbocycles. The second kappa shape index (κ2) is 8.81. The number of sulfonamides is 1. The third-order valence-electron chi connectivity index (χ3n) is 4.93. The number of esters is 1. The van der Waals surface area contributed by atoms with Gasteiger partial charge in [-0.15, -0.1) is 0 Å². The number of hydrogen-bond acceptors (Lipinski definition) is 5. The fraction of sp³-hybridized carbons (Fsp3) is 0.474. The lowest BCUT2D eigenvalue weighted by Crippen LogP contribution is -2.38. The largest absolute Gasteiger partial charge is 0.462 e. The molecule has 0 radical (unpaired) electrons. The molecule has 2 heterocycles. The summed E-state index contributed by atoms with van der Waals surface area (Å²) >= 11 is 6.06. The second-order valence-corrected chi connectivity index (χ2v) is 9.31. The molecule has 0 N–H and O–H groups in total. The minimum absolute atomic E-state index is 0.0872. The molecule has 0 amide bonds. The van der Waals surface area contributed by atoms with Crippen LogP contribution in [0.3, 0.4) is 0 Å². The Labute approximate surface area is 174 Å². The minimum Gasteiger partial charge on any atom is -0.462 e. The predicted molar refractivity (Wildman–Crippen MR) is 106 cm³/mol. The molecule has 3 rings (SSSR count). The number of carbonyl (C=O) groups excluding carboxylic acids is 1. The molecule has 0 bridgehead atoms. The Morgan fingerprint density at radius 2 is 2.03 bits per heavy atom. The lowest BCUT2D eigenvalue weighted by atomic mass is 10.0. The summed E-state index contributed by atoms with van der Waals surface area (Å²) in [6, 6.07) is 4.26. The molecule has 1 fully saturated rings. The van der Waals surface area contributed by atoms with E-state index in [1.807, 2.05) is 0 Å². The summed E-state index contributed by atoms with van der Waals surface area (Å²) in [6.07, 6.45) is 2.74. The molecule has 10 heteroatoms. The van der Waals surface area contributed by atoms with Gasteiger partial charge in [0.15, 0.2) is 0 Å². The Kier molecular flexibility index (Phi) is 6.60. The van der Waals surface area contributed by atoms with Crippen LogP contribution in [0.15, 0.2) is 29.4 Å². The first-order valence-corrected chi connectivity index (χ1v) is 11.2. The van der Waals surface area contributed by atoms with Crippen LogP contribution in [0.4, 0.5) is 4.39 Å². The average molecular weight is 444 g/mol. The summed E-state index contributed by atoms with van der Waals surface area (Å²) in [5.74, 6) is -0.894. The topological polar surface area (TPSA) is 81.5 Å². The molecule has 29 heavy (non-hydrogen) atoms. The van der Waals surface area contributed by atoms with E-state index < -0.39 is 21.8 Å². The van der Waals surface area contributed by atoms with Crippen molar-refractivity contribution >= 4 is 27.6 Å². The van der Waals surface area contributed by atoms with Gasteiger partial charge < -0.3 is 4.74 Å².